The Labute approximate surface area is 188 Å². The van der Waals surface area contributed by atoms with Crippen molar-refractivity contribution in [2.75, 3.05) is 44.6 Å². The first kappa shape index (κ1) is 23.4. The molecular weight excluding hydrogens is 412 g/mol. The number of amides is 1. The molecule has 1 N–H and O–H groups in total. The number of carbonyl (C=O) groups is 2. The van der Waals surface area contributed by atoms with E-state index in [2.05, 4.69) is 41.3 Å². The highest BCUT2D eigenvalue weighted by molar-refractivity contribution is 7.09. The van der Waals surface area contributed by atoms with Gasteiger partial charge in [0, 0.05) is 42.7 Å². The topological polar surface area (TPSA) is 74.8 Å². The van der Waals surface area contributed by atoms with Crippen molar-refractivity contribution in [1.29, 1.82) is 0 Å². The number of aromatic nitrogens is 1. The number of ether oxygens (including phenoxy) is 1. The lowest BCUT2D eigenvalue weighted by Crippen LogP contribution is -2.48. The molecule has 2 heterocycles. The SMILES string of the molecule is CCOC(=O)c1ccc(NC(=O)CN2CCN(Cc3nc(C(C)(C)C)cs3)CC2)cc1. The molecule has 1 fully saturated rings. The highest BCUT2D eigenvalue weighted by atomic mass is 32.1. The standard InChI is InChI=1S/C23H32N4O3S/c1-5-30-22(29)17-6-8-18(9-7-17)24-20(28)14-26-10-12-27(13-11-26)15-21-25-19(16-31-21)23(2,3)4/h6-9,16H,5,10-15H2,1-4H3,(H,24,28). The van der Waals surface area contributed by atoms with Crippen molar-refractivity contribution >= 4 is 28.9 Å². The molecule has 1 aliphatic rings. The summed E-state index contributed by atoms with van der Waals surface area (Å²) in [6.45, 7) is 13.4. The number of benzene rings is 1. The summed E-state index contributed by atoms with van der Waals surface area (Å²) in [7, 11) is 0. The zero-order valence-electron chi connectivity index (χ0n) is 18.8. The van der Waals surface area contributed by atoms with Gasteiger partial charge in [-0.15, -0.1) is 11.3 Å². The minimum absolute atomic E-state index is 0.0490. The second-order valence-electron chi connectivity index (χ2n) is 8.77. The number of rotatable bonds is 7. The Bertz CT molecular complexity index is 881. The van der Waals surface area contributed by atoms with E-state index in [9.17, 15) is 9.59 Å². The lowest BCUT2D eigenvalue weighted by molar-refractivity contribution is -0.117. The van der Waals surface area contributed by atoms with Crippen molar-refractivity contribution < 1.29 is 14.3 Å². The molecule has 1 aliphatic heterocycles. The van der Waals surface area contributed by atoms with E-state index in [1.54, 1.807) is 42.5 Å². The molecular formula is C23H32N4O3S. The van der Waals surface area contributed by atoms with Crippen molar-refractivity contribution in [3.05, 3.63) is 45.9 Å². The fraction of sp³-hybridized carbons (Fsp3) is 0.522. The van der Waals surface area contributed by atoms with Gasteiger partial charge < -0.3 is 10.1 Å². The summed E-state index contributed by atoms with van der Waals surface area (Å²) in [4.78, 5) is 33.5. The summed E-state index contributed by atoms with van der Waals surface area (Å²) in [5.41, 5.74) is 2.39. The van der Waals surface area contributed by atoms with Crippen LogP contribution in [0, 0.1) is 0 Å². The molecule has 1 aromatic carbocycles. The quantitative estimate of drug-likeness (QED) is 0.660. The van der Waals surface area contributed by atoms with Crippen LogP contribution >= 0.6 is 11.3 Å². The molecule has 168 valence electrons. The van der Waals surface area contributed by atoms with Crippen molar-refractivity contribution in [3.63, 3.8) is 0 Å². The first-order valence-corrected chi connectivity index (χ1v) is 11.6. The van der Waals surface area contributed by atoms with E-state index < -0.39 is 0 Å². The van der Waals surface area contributed by atoms with Gasteiger partial charge in [0.25, 0.3) is 0 Å². The molecule has 7 nitrogen and oxygen atoms in total. The molecule has 3 rings (SSSR count). The van der Waals surface area contributed by atoms with Crippen LogP contribution in [-0.2, 0) is 21.5 Å². The molecule has 0 bridgehead atoms. The number of anilines is 1. The number of thiazole rings is 1. The number of nitrogens with one attached hydrogen (secondary N) is 1. The van der Waals surface area contributed by atoms with Gasteiger partial charge in [0.15, 0.2) is 0 Å². The first-order valence-electron chi connectivity index (χ1n) is 10.7. The minimum Gasteiger partial charge on any atom is -0.462 e. The molecule has 0 spiro atoms. The first-order chi connectivity index (χ1) is 14.7. The lowest BCUT2D eigenvalue weighted by Gasteiger charge is -2.33. The van der Waals surface area contributed by atoms with Gasteiger partial charge in [-0.2, -0.15) is 0 Å². The molecule has 31 heavy (non-hydrogen) atoms. The number of esters is 1. The number of hydrogen-bond acceptors (Lipinski definition) is 7. The van der Waals surface area contributed by atoms with Gasteiger partial charge in [0.05, 0.1) is 31.0 Å². The molecule has 0 radical (unpaired) electrons. The third kappa shape index (κ3) is 6.85. The van der Waals surface area contributed by atoms with Gasteiger partial charge in [-0.3, -0.25) is 14.6 Å². The molecule has 8 heteroatoms. The van der Waals surface area contributed by atoms with Crippen LogP contribution in [0.1, 0.15) is 48.8 Å². The molecule has 1 aromatic heterocycles. The lowest BCUT2D eigenvalue weighted by atomic mass is 9.93. The zero-order chi connectivity index (χ0) is 22.4. The summed E-state index contributed by atoms with van der Waals surface area (Å²) < 4.78 is 4.97. The van der Waals surface area contributed by atoms with Crippen LogP contribution in [0.3, 0.4) is 0 Å². The predicted octanol–water partition coefficient (Wildman–Crippen LogP) is 3.37. The number of nitrogens with zero attached hydrogens (tertiary/aromatic N) is 3. The Morgan fingerprint density at radius 3 is 2.32 bits per heavy atom. The fourth-order valence-electron chi connectivity index (χ4n) is 3.33. The summed E-state index contributed by atoms with van der Waals surface area (Å²) >= 11 is 1.73. The van der Waals surface area contributed by atoms with Gasteiger partial charge in [-0.1, -0.05) is 20.8 Å². The molecule has 0 aliphatic carbocycles. The van der Waals surface area contributed by atoms with Crippen LogP contribution in [0.2, 0.25) is 0 Å². The van der Waals surface area contributed by atoms with E-state index in [4.69, 9.17) is 9.72 Å². The van der Waals surface area contributed by atoms with Crippen LogP contribution in [0.5, 0.6) is 0 Å². The van der Waals surface area contributed by atoms with Crippen LogP contribution in [0.15, 0.2) is 29.6 Å². The largest absolute Gasteiger partial charge is 0.462 e. The smallest absolute Gasteiger partial charge is 0.338 e. The summed E-state index contributed by atoms with van der Waals surface area (Å²) in [6.07, 6.45) is 0. The van der Waals surface area contributed by atoms with Gasteiger partial charge in [-0.05, 0) is 31.2 Å². The summed E-state index contributed by atoms with van der Waals surface area (Å²) in [5, 5.41) is 6.22. The van der Waals surface area contributed by atoms with E-state index in [1.807, 2.05) is 0 Å². The number of piperazine rings is 1. The molecule has 0 saturated carbocycles. The van der Waals surface area contributed by atoms with E-state index in [0.29, 0.717) is 24.4 Å². The molecule has 0 unspecified atom stereocenters. The van der Waals surface area contributed by atoms with E-state index in [1.165, 1.54) is 0 Å². The van der Waals surface area contributed by atoms with E-state index in [0.717, 1.165) is 43.4 Å². The van der Waals surface area contributed by atoms with Crippen molar-refractivity contribution in [3.8, 4) is 0 Å². The molecule has 1 amide bonds. The van der Waals surface area contributed by atoms with Gasteiger partial charge in [0.2, 0.25) is 5.91 Å². The molecule has 1 saturated heterocycles. The predicted molar refractivity (Wildman–Crippen MR) is 124 cm³/mol. The third-order valence-electron chi connectivity index (χ3n) is 5.19. The van der Waals surface area contributed by atoms with Crippen LogP contribution in [0.25, 0.3) is 0 Å². The van der Waals surface area contributed by atoms with Crippen LogP contribution in [0.4, 0.5) is 5.69 Å². The Morgan fingerprint density at radius 2 is 1.74 bits per heavy atom. The van der Waals surface area contributed by atoms with Gasteiger partial charge >= 0.3 is 5.97 Å². The second-order valence-corrected chi connectivity index (χ2v) is 9.72. The van der Waals surface area contributed by atoms with Crippen molar-refractivity contribution in [1.82, 2.24) is 14.8 Å². The summed E-state index contributed by atoms with van der Waals surface area (Å²) in [6, 6.07) is 6.77. The maximum absolute atomic E-state index is 12.4. The Hall–Kier alpha value is -2.29. The Balaban J connectivity index is 1.41. The third-order valence-corrected chi connectivity index (χ3v) is 6.02. The number of carbonyl (C=O) groups excluding carboxylic acids is 2. The second kappa shape index (κ2) is 10.3. The summed E-state index contributed by atoms with van der Waals surface area (Å²) in [5.74, 6) is -0.405. The maximum Gasteiger partial charge on any atom is 0.338 e. The minimum atomic E-state index is -0.356. The van der Waals surface area contributed by atoms with Gasteiger partial charge in [-0.25, -0.2) is 9.78 Å². The van der Waals surface area contributed by atoms with E-state index in [-0.39, 0.29) is 17.3 Å². The fourth-order valence-corrected chi connectivity index (χ4v) is 4.39. The highest BCUT2D eigenvalue weighted by Gasteiger charge is 2.22. The maximum atomic E-state index is 12.4. The van der Waals surface area contributed by atoms with E-state index >= 15 is 0 Å². The van der Waals surface area contributed by atoms with Crippen LogP contribution < -0.4 is 5.32 Å². The number of hydrogen-bond donors (Lipinski definition) is 1. The normalized spacial score (nSPS) is 15.6. The highest BCUT2D eigenvalue weighted by Crippen LogP contribution is 2.24. The zero-order valence-corrected chi connectivity index (χ0v) is 19.6. The monoisotopic (exact) mass is 444 g/mol. The van der Waals surface area contributed by atoms with Crippen LogP contribution in [-0.4, -0.2) is 66.0 Å². The average Bonchev–Trinajstić information content (AvgIpc) is 3.19. The van der Waals surface area contributed by atoms with Crippen molar-refractivity contribution in [2.45, 2.75) is 39.7 Å². The van der Waals surface area contributed by atoms with Gasteiger partial charge in [0.1, 0.15) is 5.01 Å². The van der Waals surface area contributed by atoms with Crippen molar-refractivity contribution in [2.24, 2.45) is 0 Å². The Morgan fingerprint density at radius 1 is 1.10 bits per heavy atom. The average molecular weight is 445 g/mol. The molecule has 0 atom stereocenters. The molecule has 2 aromatic rings. The Kier molecular flexibility index (Phi) is 7.80.